The van der Waals surface area contributed by atoms with E-state index in [9.17, 15) is 13.6 Å². The molecule has 3 rings (SSSR count). The molecule has 1 heterocycles. The molecular formula is C17H23ClF2N2O. The third-order valence-corrected chi connectivity index (χ3v) is 5.44. The van der Waals surface area contributed by atoms with Gasteiger partial charge in [0.15, 0.2) is 11.6 Å². The molecule has 2 unspecified atom stereocenters. The van der Waals surface area contributed by atoms with Crippen molar-refractivity contribution < 1.29 is 13.6 Å². The van der Waals surface area contributed by atoms with E-state index in [1.54, 1.807) is 18.0 Å². The number of carbonyl (C=O) groups is 1. The van der Waals surface area contributed by atoms with E-state index in [-0.39, 0.29) is 35.7 Å². The van der Waals surface area contributed by atoms with Crippen LogP contribution < -0.4 is 5.32 Å². The molecule has 1 aliphatic heterocycles. The van der Waals surface area contributed by atoms with Gasteiger partial charge in [0.05, 0.1) is 6.04 Å². The van der Waals surface area contributed by atoms with Gasteiger partial charge in [-0.2, -0.15) is 0 Å². The summed E-state index contributed by atoms with van der Waals surface area (Å²) >= 11 is 0. The molecule has 0 bridgehead atoms. The molecule has 2 fully saturated rings. The average Bonchev–Trinajstić information content (AvgIpc) is 3.21. The summed E-state index contributed by atoms with van der Waals surface area (Å²) in [6.07, 6.45) is 3.07. The fraction of sp³-hybridized carbons (Fsp3) is 0.588. The lowest BCUT2D eigenvalue weighted by Gasteiger charge is -2.28. The maximum absolute atomic E-state index is 13.4. The van der Waals surface area contributed by atoms with Crippen LogP contribution in [0.4, 0.5) is 8.78 Å². The summed E-state index contributed by atoms with van der Waals surface area (Å²) in [7, 11) is 1.75. The molecule has 1 aromatic rings. The highest BCUT2D eigenvalue weighted by Gasteiger charge is 2.58. The van der Waals surface area contributed by atoms with Crippen molar-refractivity contribution in [3.63, 3.8) is 0 Å². The second-order valence-corrected chi connectivity index (χ2v) is 6.67. The summed E-state index contributed by atoms with van der Waals surface area (Å²) in [5.41, 5.74) is 0.805. The molecule has 1 aromatic carbocycles. The fourth-order valence-corrected chi connectivity index (χ4v) is 3.61. The maximum Gasteiger partial charge on any atom is 0.226 e. The summed E-state index contributed by atoms with van der Waals surface area (Å²) in [5, 5.41) is 3.33. The van der Waals surface area contributed by atoms with E-state index < -0.39 is 11.6 Å². The average molecular weight is 345 g/mol. The minimum atomic E-state index is -0.869. The Hall–Kier alpha value is -1.20. The van der Waals surface area contributed by atoms with Crippen molar-refractivity contribution in [1.29, 1.82) is 0 Å². The zero-order valence-electron chi connectivity index (χ0n) is 13.4. The first-order valence-corrected chi connectivity index (χ1v) is 7.87. The van der Waals surface area contributed by atoms with Crippen LogP contribution in [-0.2, 0) is 4.79 Å². The molecule has 1 aliphatic carbocycles. The largest absolute Gasteiger partial charge is 0.339 e. The van der Waals surface area contributed by atoms with Gasteiger partial charge in [-0.05, 0) is 62.4 Å². The molecule has 0 radical (unpaired) electrons. The number of benzene rings is 1. The molecule has 3 nitrogen and oxygen atoms in total. The first-order valence-electron chi connectivity index (χ1n) is 7.87. The summed E-state index contributed by atoms with van der Waals surface area (Å²) in [4.78, 5) is 14.4. The van der Waals surface area contributed by atoms with E-state index in [4.69, 9.17) is 0 Å². The lowest BCUT2D eigenvalue weighted by atomic mass is 9.91. The Morgan fingerprint density at radius 1 is 1.30 bits per heavy atom. The van der Waals surface area contributed by atoms with Gasteiger partial charge in [-0.3, -0.25) is 4.79 Å². The van der Waals surface area contributed by atoms with Crippen molar-refractivity contribution >= 4 is 18.3 Å². The number of carbonyl (C=O) groups excluding carboxylic acids is 1. The molecule has 1 saturated carbocycles. The minimum absolute atomic E-state index is 0. The van der Waals surface area contributed by atoms with E-state index in [1.807, 2.05) is 6.92 Å². The van der Waals surface area contributed by atoms with Crippen molar-refractivity contribution in [2.24, 2.45) is 11.3 Å². The number of hydrogen-bond donors (Lipinski definition) is 1. The SMILES string of the molecule is CC(c1ccc(F)c(F)c1)N(C)C(=O)C1CC12CCNCC2.Cl. The lowest BCUT2D eigenvalue weighted by Crippen LogP contribution is -2.35. The number of halogens is 3. The molecule has 2 aliphatic rings. The molecule has 1 spiro atoms. The molecule has 2 atom stereocenters. The molecule has 128 valence electrons. The van der Waals surface area contributed by atoms with Crippen molar-refractivity contribution in [3.05, 3.63) is 35.4 Å². The van der Waals surface area contributed by atoms with Crippen molar-refractivity contribution in [2.45, 2.75) is 32.2 Å². The zero-order chi connectivity index (χ0) is 15.9. The van der Waals surface area contributed by atoms with Crippen LogP contribution in [0.25, 0.3) is 0 Å². The Balaban J connectivity index is 0.00000192. The van der Waals surface area contributed by atoms with Gasteiger partial charge in [0.2, 0.25) is 5.91 Å². The quantitative estimate of drug-likeness (QED) is 0.912. The summed E-state index contributed by atoms with van der Waals surface area (Å²) in [6.45, 7) is 3.81. The van der Waals surface area contributed by atoms with Crippen LogP contribution >= 0.6 is 12.4 Å². The first-order chi connectivity index (χ1) is 10.4. The van der Waals surface area contributed by atoms with Crippen LogP contribution in [0.2, 0.25) is 0 Å². The topological polar surface area (TPSA) is 32.3 Å². The number of hydrogen-bond acceptors (Lipinski definition) is 2. The normalized spacial score (nSPS) is 23.0. The van der Waals surface area contributed by atoms with Crippen LogP contribution in [0.1, 0.15) is 37.8 Å². The van der Waals surface area contributed by atoms with E-state index >= 15 is 0 Å². The maximum atomic E-state index is 13.4. The highest BCUT2D eigenvalue weighted by Crippen LogP contribution is 2.59. The number of nitrogens with one attached hydrogen (secondary N) is 1. The molecule has 1 amide bonds. The van der Waals surface area contributed by atoms with Gasteiger partial charge in [-0.15, -0.1) is 12.4 Å². The van der Waals surface area contributed by atoms with Crippen LogP contribution in [0.5, 0.6) is 0 Å². The van der Waals surface area contributed by atoms with Crippen LogP contribution in [0.3, 0.4) is 0 Å². The van der Waals surface area contributed by atoms with Gasteiger partial charge in [-0.25, -0.2) is 8.78 Å². The van der Waals surface area contributed by atoms with Gasteiger partial charge in [-0.1, -0.05) is 6.07 Å². The molecule has 1 saturated heterocycles. The highest BCUT2D eigenvalue weighted by molar-refractivity contribution is 5.85. The van der Waals surface area contributed by atoms with Crippen LogP contribution in [0.15, 0.2) is 18.2 Å². The Labute approximate surface area is 141 Å². The molecule has 6 heteroatoms. The summed E-state index contributed by atoms with van der Waals surface area (Å²) in [6, 6.07) is 3.57. The molecule has 1 N–H and O–H groups in total. The number of nitrogens with zero attached hydrogens (tertiary/aromatic N) is 1. The van der Waals surface area contributed by atoms with Crippen LogP contribution in [0, 0.1) is 23.0 Å². The van der Waals surface area contributed by atoms with Crippen molar-refractivity contribution in [2.75, 3.05) is 20.1 Å². The van der Waals surface area contributed by atoms with E-state index in [2.05, 4.69) is 5.32 Å². The fourth-order valence-electron chi connectivity index (χ4n) is 3.61. The first kappa shape index (κ1) is 18.1. The number of amides is 1. The third kappa shape index (κ3) is 3.36. The second-order valence-electron chi connectivity index (χ2n) is 6.67. The Bertz CT molecular complexity index is 590. The van der Waals surface area contributed by atoms with Crippen molar-refractivity contribution in [1.82, 2.24) is 10.2 Å². The standard InChI is InChI=1S/C17H22F2N2O.ClH/c1-11(12-3-4-14(18)15(19)9-12)21(2)16(22)13-10-17(13)5-7-20-8-6-17;/h3-4,9,11,13,20H,5-8,10H2,1-2H3;1H. The number of rotatable bonds is 3. The number of piperidine rings is 1. The third-order valence-electron chi connectivity index (χ3n) is 5.44. The highest BCUT2D eigenvalue weighted by atomic mass is 35.5. The second kappa shape index (κ2) is 6.73. The zero-order valence-corrected chi connectivity index (χ0v) is 14.3. The molecule has 23 heavy (non-hydrogen) atoms. The van der Waals surface area contributed by atoms with E-state index in [1.165, 1.54) is 6.07 Å². The van der Waals surface area contributed by atoms with Gasteiger partial charge in [0.1, 0.15) is 0 Å². The Kier molecular flexibility index (Phi) is 5.31. The van der Waals surface area contributed by atoms with Gasteiger partial charge < -0.3 is 10.2 Å². The van der Waals surface area contributed by atoms with Crippen LogP contribution in [-0.4, -0.2) is 30.9 Å². The summed E-state index contributed by atoms with van der Waals surface area (Å²) in [5.74, 6) is -1.52. The van der Waals surface area contributed by atoms with E-state index in [0.717, 1.165) is 38.4 Å². The predicted octanol–water partition coefficient (Wildman–Crippen LogP) is 3.30. The Morgan fingerprint density at radius 2 is 1.96 bits per heavy atom. The Morgan fingerprint density at radius 3 is 2.57 bits per heavy atom. The lowest BCUT2D eigenvalue weighted by molar-refractivity contribution is -0.134. The van der Waals surface area contributed by atoms with Crippen molar-refractivity contribution in [3.8, 4) is 0 Å². The van der Waals surface area contributed by atoms with E-state index in [0.29, 0.717) is 5.56 Å². The van der Waals surface area contributed by atoms with Gasteiger partial charge in [0, 0.05) is 13.0 Å². The predicted molar refractivity (Wildman–Crippen MR) is 87.4 cm³/mol. The monoisotopic (exact) mass is 344 g/mol. The summed E-state index contributed by atoms with van der Waals surface area (Å²) < 4.78 is 26.4. The smallest absolute Gasteiger partial charge is 0.226 e. The van der Waals surface area contributed by atoms with Gasteiger partial charge in [0.25, 0.3) is 0 Å². The molecule has 0 aromatic heterocycles. The van der Waals surface area contributed by atoms with Gasteiger partial charge >= 0.3 is 0 Å². The molecular weight excluding hydrogens is 322 g/mol. The minimum Gasteiger partial charge on any atom is -0.339 e.